The zero-order valence-electron chi connectivity index (χ0n) is 16.2. The fraction of sp³-hybridized carbons (Fsp3) is 0.500. The lowest BCUT2D eigenvalue weighted by Crippen LogP contribution is -2.46. The molecule has 0 aliphatic carbocycles. The number of nitrogens with zero attached hydrogens (tertiary/aromatic N) is 2. The maximum absolute atomic E-state index is 12.8. The van der Waals surface area contributed by atoms with Crippen molar-refractivity contribution < 1.29 is 14.3 Å². The first-order chi connectivity index (χ1) is 13.0. The maximum atomic E-state index is 12.8. The summed E-state index contributed by atoms with van der Waals surface area (Å²) in [5.74, 6) is -0.0323. The number of aromatic nitrogens is 1. The van der Waals surface area contributed by atoms with Crippen molar-refractivity contribution in [1.29, 1.82) is 0 Å². The number of aryl methyl sites for hydroxylation is 1. The fourth-order valence-corrected chi connectivity index (χ4v) is 4.21. The van der Waals surface area contributed by atoms with Gasteiger partial charge in [0, 0.05) is 35.4 Å². The molecule has 0 atom stereocenters. The van der Waals surface area contributed by atoms with Crippen LogP contribution in [0.1, 0.15) is 46.4 Å². The van der Waals surface area contributed by atoms with E-state index in [9.17, 15) is 9.59 Å². The molecule has 1 aliphatic rings. The highest BCUT2D eigenvalue weighted by Crippen LogP contribution is 2.20. The van der Waals surface area contributed by atoms with Gasteiger partial charge in [-0.3, -0.25) is 4.79 Å². The van der Waals surface area contributed by atoms with Crippen LogP contribution in [-0.2, 0) is 11.3 Å². The van der Waals surface area contributed by atoms with Crippen LogP contribution >= 0.6 is 11.3 Å². The lowest BCUT2D eigenvalue weighted by molar-refractivity contribution is 0.0859. The third-order valence-corrected chi connectivity index (χ3v) is 5.93. The zero-order chi connectivity index (χ0) is 19.4. The van der Waals surface area contributed by atoms with Gasteiger partial charge in [0.1, 0.15) is 0 Å². The van der Waals surface area contributed by atoms with E-state index in [0.29, 0.717) is 19.7 Å². The number of hydrogen-bond acceptors (Lipinski definition) is 4. The molecule has 0 aromatic carbocycles. The van der Waals surface area contributed by atoms with Crippen molar-refractivity contribution in [2.24, 2.45) is 0 Å². The molecule has 0 saturated carbocycles. The van der Waals surface area contributed by atoms with Crippen molar-refractivity contribution >= 4 is 23.3 Å². The number of nitrogens with one attached hydrogen (secondary N) is 1. The Morgan fingerprint density at radius 1 is 1.30 bits per heavy atom. The second-order valence-corrected chi connectivity index (χ2v) is 7.92. The molecule has 6 nitrogen and oxygen atoms in total. The Labute approximate surface area is 164 Å². The fourth-order valence-electron chi connectivity index (χ4n) is 3.52. The molecule has 2 amide bonds. The minimum absolute atomic E-state index is 0.0323. The molecule has 1 N–H and O–H groups in total. The van der Waals surface area contributed by atoms with Crippen LogP contribution in [0.2, 0.25) is 0 Å². The number of carbonyl (C=O) groups is 2. The number of amides is 2. The predicted octanol–water partition coefficient (Wildman–Crippen LogP) is 3.57. The Kier molecular flexibility index (Phi) is 6.21. The van der Waals surface area contributed by atoms with Gasteiger partial charge in [0.2, 0.25) is 0 Å². The van der Waals surface area contributed by atoms with E-state index in [1.165, 1.54) is 4.88 Å². The summed E-state index contributed by atoms with van der Waals surface area (Å²) >= 11 is 1.72. The number of carbonyl (C=O) groups excluding carboxylic acids is 2. The van der Waals surface area contributed by atoms with Gasteiger partial charge in [0.25, 0.3) is 5.91 Å². The third kappa shape index (κ3) is 4.53. The lowest BCUT2D eigenvalue weighted by atomic mass is 10.0. The molecule has 1 aliphatic heterocycles. The van der Waals surface area contributed by atoms with Crippen molar-refractivity contribution in [3.63, 3.8) is 0 Å². The first kappa shape index (κ1) is 19.5. The van der Waals surface area contributed by atoms with Crippen molar-refractivity contribution in [3.05, 3.63) is 45.4 Å². The SMILES string of the molecule is CCOC(=O)N1CCC(NC(=O)c2cc(C)n(Cc3cccs3)c2C)CC1. The van der Waals surface area contributed by atoms with E-state index in [1.54, 1.807) is 23.2 Å². The number of hydrogen-bond donors (Lipinski definition) is 1. The van der Waals surface area contributed by atoms with E-state index in [4.69, 9.17) is 4.74 Å². The normalized spacial score (nSPS) is 15.0. The van der Waals surface area contributed by atoms with E-state index in [2.05, 4.69) is 21.3 Å². The maximum Gasteiger partial charge on any atom is 0.409 e. The molecule has 3 heterocycles. The van der Waals surface area contributed by atoms with E-state index >= 15 is 0 Å². The van der Waals surface area contributed by atoms with E-state index in [-0.39, 0.29) is 18.0 Å². The molecule has 2 aromatic rings. The highest BCUT2D eigenvalue weighted by molar-refractivity contribution is 7.09. The van der Waals surface area contributed by atoms with Crippen molar-refractivity contribution in [2.75, 3.05) is 19.7 Å². The Bertz CT molecular complexity index is 790. The second kappa shape index (κ2) is 8.61. The molecule has 1 fully saturated rings. The van der Waals surface area contributed by atoms with Crippen LogP contribution in [-0.4, -0.2) is 47.2 Å². The second-order valence-electron chi connectivity index (χ2n) is 6.88. The van der Waals surface area contributed by atoms with Crippen molar-refractivity contribution in [2.45, 2.75) is 46.2 Å². The van der Waals surface area contributed by atoms with Gasteiger partial charge in [0.15, 0.2) is 0 Å². The first-order valence-corrected chi connectivity index (χ1v) is 10.3. The van der Waals surface area contributed by atoms with Crippen LogP contribution in [0.3, 0.4) is 0 Å². The summed E-state index contributed by atoms with van der Waals surface area (Å²) in [7, 11) is 0. The van der Waals surface area contributed by atoms with Gasteiger partial charge >= 0.3 is 6.09 Å². The molecule has 27 heavy (non-hydrogen) atoms. The quantitative estimate of drug-likeness (QED) is 0.850. The average molecular weight is 390 g/mol. The topological polar surface area (TPSA) is 63.6 Å². The molecule has 0 unspecified atom stereocenters. The molecule has 1 saturated heterocycles. The number of rotatable bonds is 5. The highest BCUT2D eigenvalue weighted by atomic mass is 32.1. The van der Waals surface area contributed by atoms with Gasteiger partial charge in [-0.25, -0.2) is 4.79 Å². The summed E-state index contributed by atoms with van der Waals surface area (Å²) < 4.78 is 7.22. The van der Waals surface area contributed by atoms with Crippen molar-refractivity contribution in [3.8, 4) is 0 Å². The monoisotopic (exact) mass is 389 g/mol. The summed E-state index contributed by atoms with van der Waals surface area (Å²) in [5, 5.41) is 5.21. The van der Waals surface area contributed by atoms with Gasteiger partial charge in [-0.05, 0) is 51.1 Å². The van der Waals surface area contributed by atoms with E-state index in [0.717, 1.165) is 36.3 Å². The van der Waals surface area contributed by atoms with Gasteiger partial charge < -0.3 is 19.5 Å². The van der Waals surface area contributed by atoms with E-state index < -0.39 is 0 Å². The van der Waals surface area contributed by atoms with Gasteiger partial charge in [-0.2, -0.15) is 0 Å². The largest absolute Gasteiger partial charge is 0.450 e. The summed E-state index contributed by atoms with van der Waals surface area (Å²) in [4.78, 5) is 27.6. The van der Waals surface area contributed by atoms with E-state index in [1.807, 2.05) is 26.0 Å². The summed E-state index contributed by atoms with van der Waals surface area (Å²) in [6.07, 6.45) is 1.23. The molecule has 146 valence electrons. The molecule has 7 heteroatoms. The first-order valence-electron chi connectivity index (χ1n) is 9.41. The Hall–Kier alpha value is -2.28. The van der Waals surface area contributed by atoms with Crippen LogP contribution in [0.15, 0.2) is 23.6 Å². The van der Waals surface area contributed by atoms with Crippen LogP contribution < -0.4 is 5.32 Å². The predicted molar refractivity (Wildman–Crippen MR) is 106 cm³/mol. The van der Waals surface area contributed by atoms with Gasteiger partial charge in [0.05, 0.1) is 18.7 Å². The third-order valence-electron chi connectivity index (χ3n) is 5.07. The minimum atomic E-state index is -0.264. The Morgan fingerprint density at radius 3 is 2.67 bits per heavy atom. The van der Waals surface area contributed by atoms with Gasteiger partial charge in [-0.15, -0.1) is 11.3 Å². The van der Waals surface area contributed by atoms with Crippen LogP contribution in [0, 0.1) is 13.8 Å². The lowest BCUT2D eigenvalue weighted by Gasteiger charge is -2.31. The minimum Gasteiger partial charge on any atom is -0.450 e. The Morgan fingerprint density at radius 2 is 2.04 bits per heavy atom. The van der Waals surface area contributed by atoms with Crippen molar-refractivity contribution in [1.82, 2.24) is 14.8 Å². The van der Waals surface area contributed by atoms with Crippen LogP contribution in [0.25, 0.3) is 0 Å². The highest BCUT2D eigenvalue weighted by Gasteiger charge is 2.26. The molecule has 0 bridgehead atoms. The van der Waals surface area contributed by atoms with Crippen LogP contribution in [0.4, 0.5) is 4.79 Å². The molecular formula is C20H27N3O3S. The van der Waals surface area contributed by atoms with Gasteiger partial charge in [-0.1, -0.05) is 6.07 Å². The standard InChI is InChI=1S/C20H27N3O3S/c1-4-26-20(25)22-9-7-16(8-10-22)21-19(24)18-12-14(2)23(15(18)3)13-17-6-5-11-27-17/h5-6,11-12,16H,4,7-10,13H2,1-3H3,(H,21,24). The summed E-state index contributed by atoms with van der Waals surface area (Å²) in [6.45, 7) is 8.24. The zero-order valence-corrected chi connectivity index (χ0v) is 17.0. The number of thiophene rings is 1. The molecular weight excluding hydrogens is 362 g/mol. The molecule has 0 spiro atoms. The molecule has 2 aromatic heterocycles. The average Bonchev–Trinajstić information content (AvgIpc) is 3.26. The Balaban J connectivity index is 1.60. The summed E-state index contributed by atoms with van der Waals surface area (Å²) in [5.41, 5.74) is 2.81. The smallest absolute Gasteiger partial charge is 0.409 e. The van der Waals surface area contributed by atoms with Crippen LogP contribution in [0.5, 0.6) is 0 Å². The molecule has 3 rings (SSSR count). The number of ether oxygens (including phenoxy) is 1. The number of piperidine rings is 1. The molecule has 0 radical (unpaired) electrons. The summed E-state index contributed by atoms with van der Waals surface area (Å²) in [6, 6.07) is 6.21. The number of likely N-dealkylation sites (tertiary alicyclic amines) is 1.